The van der Waals surface area contributed by atoms with Gasteiger partial charge in [-0.2, -0.15) is 0 Å². The summed E-state index contributed by atoms with van der Waals surface area (Å²) in [5.41, 5.74) is 0.974. The number of hydrogen-bond donors (Lipinski definition) is 1. The van der Waals surface area contributed by atoms with E-state index in [-0.39, 0.29) is 11.9 Å². The molecule has 4 heteroatoms. The molecule has 4 unspecified atom stereocenters. The van der Waals surface area contributed by atoms with E-state index in [0.717, 1.165) is 18.4 Å². The lowest BCUT2D eigenvalue weighted by Gasteiger charge is -2.28. The largest absolute Gasteiger partial charge is 0.494 e. The first kappa shape index (κ1) is 12.9. The number of fused-ring (bicyclic) bond motifs is 2. The summed E-state index contributed by atoms with van der Waals surface area (Å²) in [5.74, 6) is 0.434. The summed E-state index contributed by atoms with van der Waals surface area (Å²) in [5, 5.41) is 3.32. The molecule has 0 aliphatic carbocycles. The molecule has 1 N–H and O–H groups in total. The monoisotopic (exact) mass is 265 g/mol. The van der Waals surface area contributed by atoms with E-state index in [1.165, 1.54) is 13.5 Å². The highest BCUT2D eigenvalue weighted by Crippen LogP contribution is 2.44. The van der Waals surface area contributed by atoms with E-state index in [9.17, 15) is 4.39 Å². The maximum Gasteiger partial charge on any atom is 0.165 e. The summed E-state index contributed by atoms with van der Waals surface area (Å²) in [6.07, 6.45) is 4.12. The van der Waals surface area contributed by atoms with Crippen molar-refractivity contribution in [2.75, 3.05) is 14.2 Å². The van der Waals surface area contributed by atoms with Crippen LogP contribution in [0.3, 0.4) is 0 Å². The lowest BCUT2D eigenvalue weighted by atomic mass is 9.81. The van der Waals surface area contributed by atoms with Crippen molar-refractivity contribution in [2.45, 2.75) is 37.5 Å². The number of benzene rings is 1. The van der Waals surface area contributed by atoms with Gasteiger partial charge in [0, 0.05) is 12.0 Å². The Kier molecular flexibility index (Phi) is 3.46. The Balaban J connectivity index is 1.84. The van der Waals surface area contributed by atoms with Crippen molar-refractivity contribution in [2.24, 2.45) is 5.92 Å². The van der Waals surface area contributed by atoms with E-state index >= 15 is 0 Å². The average molecular weight is 265 g/mol. The van der Waals surface area contributed by atoms with Crippen molar-refractivity contribution < 1.29 is 13.9 Å². The standard InChI is InChI=1S/C15H20FNO2/c1-17-15(11-8-10-4-6-13(11)19-10)9-3-5-14(18-2)12(16)7-9/h3,5,7,10-11,13,15,17H,4,6,8H2,1-2H3. The molecule has 0 aromatic heterocycles. The predicted octanol–water partition coefficient (Wildman–Crippen LogP) is 2.66. The zero-order chi connectivity index (χ0) is 13.4. The topological polar surface area (TPSA) is 30.5 Å². The SMILES string of the molecule is CNC(c1ccc(OC)c(F)c1)C1CC2CCC1O2. The molecule has 4 atom stereocenters. The van der Waals surface area contributed by atoms with Gasteiger partial charge in [0.1, 0.15) is 0 Å². The van der Waals surface area contributed by atoms with Crippen molar-refractivity contribution in [3.8, 4) is 5.75 Å². The molecule has 19 heavy (non-hydrogen) atoms. The maximum absolute atomic E-state index is 13.8. The molecule has 0 saturated carbocycles. The molecule has 2 aliphatic heterocycles. The third kappa shape index (κ3) is 2.23. The number of ether oxygens (including phenoxy) is 2. The first-order chi connectivity index (χ1) is 9.22. The van der Waals surface area contributed by atoms with E-state index in [1.54, 1.807) is 12.1 Å². The first-order valence-corrected chi connectivity index (χ1v) is 6.89. The molecule has 104 valence electrons. The first-order valence-electron chi connectivity index (χ1n) is 6.89. The van der Waals surface area contributed by atoms with E-state index < -0.39 is 0 Å². The highest BCUT2D eigenvalue weighted by Gasteiger charge is 2.44. The van der Waals surface area contributed by atoms with Gasteiger partial charge in [-0.05, 0) is 44.0 Å². The van der Waals surface area contributed by atoms with Crippen LogP contribution in [0.2, 0.25) is 0 Å². The van der Waals surface area contributed by atoms with Crippen LogP contribution in [0.4, 0.5) is 4.39 Å². The lowest BCUT2D eigenvalue weighted by Crippen LogP contribution is -2.31. The second-order valence-electron chi connectivity index (χ2n) is 5.43. The summed E-state index contributed by atoms with van der Waals surface area (Å²) in [6.45, 7) is 0. The van der Waals surface area contributed by atoms with Crippen molar-refractivity contribution >= 4 is 0 Å². The second-order valence-corrected chi connectivity index (χ2v) is 5.43. The van der Waals surface area contributed by atoms with Crippen LogP contribution >= 0.6 is 0 Å². The van der Waals surface area contributed by atoms with Gasteiger partial charge in [-0.3, -0.25) is 0 Å². The van der Waals surface area contributed by atoms with Gasteiger partial charge in [0.2, 0.25) is 0 Å². The molecule has 2 aliphatic rings. The Morgan fingerprint density at radius 3 is 2.79 bits per heavy atom. The highest BCUT2D eigenvalue weighted by molar-refractivity contribution is 5.31. The minimum atomic E-state index is -0.302. The van der Waals surface area contributed by atoms with E-state index in [0.29, 0.717) is 23.9 Å². The van der Waals surface area contributed by atoms with Crippen LogP contribution in [0.15, 0.2) is 18.2 Å². The molecule has 1 aromatic carbocycles. The molecule has 2 bridgehead atoms. The molecule has 0 spiro atoms. The quantitative estimate of drug-likeness (QED) is 0.908. The number of halogens is 1. The van der Waals surface area contributed by atoms with Gasteiger partial charge in [-0.15, -0.1) is 0 Å². The third-order valence-corrected chi connectivity index (χ3v) is 4.43. The molecular weight excluding hydrogens is 245 g/mol. The molecule has 0 amide bonds. The van der Waals surface area contributed by atoms with Crippen molar-refractivity contribution in [3.05, 3.63) is 29.6 Å². The van der Waals surface area contributed by atoms with Crippen LogP contribution in [0.25, 0.3) is 0 Å². The maximum atomic E-state index is 13.8. The number of hydrogen-bond acceptors (Lipinski definition) is 3. The normalized spacial score (nSPS) is 30.6. The lowest BCUT2D eigenvalue weighted by molar-refractivity contribution is 0.0862. The van der Waals surface area contributed by atoms with E-state index in [1.807, 2.05) is 13.1 Å². The fraction of sp³-hybridized carbons (Fsp3) is 0.600. The Labute approximate surface area is 113 Å². The van der Waals surface area contributed by atoms with Gasteiger partial charge < -0.3 is 14.8 Å². The smallest absolute Gasteiger partial charge is 0.165 e. The zero-order valence-electron chi connectivity index (χ0n) is 11.4. The minimum absolute atomic E-state index is 0.149. The van der Waals surface area contributed by atoms with Gasteiger partial charge >= 0.3 is 0 Å². The Morgan fingerprint density at radius 1 is 1.42 bits per heavy atom. The molecule has 2 fully saturated rings. The molecule has 3 rings (SSSR count). The van der Waals surface area contributed by atoms with Crippen LogP contribution < -0.4 is 10.1 Å². The second kappa shape index (κ2) is 5.10. The van der Waals surface area contributed by atoms with Crippen molar-refractivity contribution in [1.82, 2.24) is 5.32 Å². The van der Waals surface area contributed by atoms with Crippen molar-refractivity contribution in [1.29, 1.82) is 0 Å². The van der Waals surface area contributed by atoms with Crippen molar-refractivity contribution in [3.63, 3.8) is 0 Å². The fourth-order valence-electron chi connectivity index (χ4n) is 3.53. The van der Waals surface area contributed by atoms with Crippen LogP contribution in [-0.4, -0.2) is 26.4 Å². The highest BCUT2D eigenvalue weighted by atomic mass is 19.1. The van der Waals surface area contributed by atoms with Crippen LogP contribution in [-0.2, 0) is 4.74 Å². The van der Waals surface area contributed by atoms with Crippen LogP contribution in [0.1, 0.15) is 30.9 Å². The molecule has 0 radical (unpaired) electrons. The Morgan fingerprint density at radius 2 is 2.26 bits per heavy atom. The number of rotatable bonds is 4. The zero-order valence-corrected chi connectivity index (χ0v) is 11.4. The van der Waals surface area contributed by atoms with Gasteiger partial charge in [-0.1, -0.05) is 6.07 Å². The average Bonchev–Trinajstić information content (AvgIpc) is 3.02. The van der Waals surface area contributed by atoms with Gasteiger partial charge in [0.25, 0.3) is 0 Å². The van der Waals surface area contributed by atoms with Crippen LogP contribution in [0, 0.1) is 11.7 Å². The Hall–Kier alpha value is -1.13. The molecule has 2 heterocycles. The predicted molar refractivity (Wildman–Crippen MR) is 70.8 cm³/mol. The number of nitrogens with one attached hydrogen (secondary N) is 1. The summed E-state index contributed by atoms with van der Waals surface area (Å²) in [7, 11) is 3.41. The third-order valence-electron chi connectivity index (χ3n) is 4.43. The molecule has 3 nitrogen and oxygen atoms in total. The summed E-state index contributed by atoms with van der Waals surface area (Å²) < 4.78 is 24.7. The van der Waals surface area contributed by atoms with Gasteiger partial charge in [0.15, 0.2) is 11.6 Å². The fourth-order valence-corrected chi connectivity index (χ4v) is 3.53. The molecule has 1 aromatic rings. The molecule has 2 saturated heterocycles. The van der Waals surface area contributed by atoms with E-state index in [4.69, 9.17) is 9.47 Å². The van der Waals surface area contributed by atoms with E-state index in [2.05, 4.69) is 5.32 Å². The van der Waals surface area contributed by atoms with Crippen LogP contribution in [0.5, 0.6) is 5.75 Å². The number of methoxy groups -OCH3 is 1. The summed E-state index contributed by atoms with van der Waals surface area (Å²) >= 11 is 0. The Bertz CT molecular complexity index is 465. The molecular formula is C15H20FNO2. The summed E-state index contributed by atoms with van der Waals surface area (Å²) in [4.78, 5) is 0. The van der Waals surface area contributed by atoms with Gasteiger partial charge in [0.05, 0.1) is 19.3 Å². The minimum Gasteiger partial charge on any atom is -0.494 e. The summed E-state index contributed by atoms with van der Waals surface area (Å²) in [6, 6.07) is 5.36. The van der Waals surface area contributed by atoms with Gasteiger partial charge in [-0.25, -0.2) is 4.39 Å².